The van der Waals surface area contributed by atoms with Gasteiger partial charge in [0.15, 0.2) is 0 Å². The van der Waals surface area contributed by atoms with E-state index >= 15 is 0 Å². The third kappa shape index (κ3) is 4.26. The molecule has 0 aliphatic heterocycles. The van der Waals surface area contributed by atoms with E-state index in [1.54, 1.807) is 0 Å². The first-order valence-electron chi connectivity index (χ1n) is 7.99. The molecule has 0 radical (unpaired) electrons. The van der Waals surface area contributed by atoms with Crippen LogP contribution in [0.4, 0.5) is 0 Å². The average Bonchev–Trinajstić information content (AvgIpc) is 2.93. The summed E-state index contributed by atoms with van der Waals surface area (Å²) < 4.78 is 0.490. The van der Waals surface area contributed by atoms with Gasteiger partial charge in [-0.1, -0.05) is 57.0 Å². The van der Waals surface area contributed by atoms with Crippen molar-refractivity contribution in [1.29, 1.82) is 0 Å². The molecule has 0 bridgehead atoms. The minimum atomic E-state index is 0.490. The number of nitrogens with one attached hydrogen (secondary N) is 1. The smallest absolute Gasteiger partial charge is 0.0323 e. The summed E-state index contributed by atoms with van der Waals surface area (Å²) in [5, 5.41) is 3.88. The lowest BCUT2D eigenvalue weighted by Crippen LogP contribution is -2.37. The fourth-order valence-corrected chi connectivity index (χ4v) is 4.20. The predicted molar refractivity (Wildman–Crippen MR) is 91.4 cm³/mol. The maximum Gasteiger partial charge on any atom is 0.0323 e. The van der Waals surface area contributed by atoms with Gasteiger partial charge in [-0.2, -0.15) is 11.8 Å². The first kappa shape index (κ1) is 15.9. The molecule has 1 aliphatic rings. The van der Waals surface area contributed by atoms with E-state index in [4.69, 9.17) is 0 Å². The number of hydrogen-bond acceptors (Lipinski definition) is 2. The summed E-state index contributed by atoms with van der Waals surface area (Å²) in [6.07, 6.45) is 9.07. The molecule has 0 saturated heterocycles. The van der Waals surface area contributed by atoms with Crippen LogP contribution in [0.3, 0.4) is 0 Å². The van der Waals surface area contributed by atoms with E-state index in [9.17, 15) is 0 Å². The van der Waals surface area contributed by atoms with Gasteiger partial charge in [-0.15, -0.1) is 0 Å². The van der Waals surface area contributed by atoms with Crippen LogP contribution in [0.15, 0.2) is 30.3 Å². The predicted octanol–water partition coefficient (Wildman–Crippen LogP) is 5.04. The van der Waals surface area contributed by atoms with Crippen molar-refractivity contribution in [3.63, 3.8) is 0 Å². The molecule has 0 spiro atoms. The third-order valence-electron chi connectivity index (χ3n) is 4.53. The van der Waals surface area contributed by atoms with Gasteiger partial charge < -0.3 is 5.32 Å². The number of thioether (sulfide) groups is 1. The summed E-state index contributed by atoms with van der Waals surface area (Å²) >= 11 is 2.07. The molecule has 1 aromatic carbocycles. The van der Waals surface area contributed by atoms with Gasteiger partial charge in [0.25, 0.3) is 0 Å². The fraction of sp³-hybridized carbons (Fsp3) is 0.667. The summed E-state index contributed by atoms with van der Waals surface area (Å²) in [5.41, 5.74) is 1.44. The molecule has 1 nitrogen and oxygen atoms in total. The molecule has 0 amide bonds. The molecule has 1 unspecified atom stereocenters. The Balaban J connectivity index is 2.01. The zero-order valence-corrected chi connectivity index (χ0v) is 14.0. The normalized spacial score (nSPS) is 19.4. The van der Waals surface area contributed by atoms with Crippen molar-refractivity contribution in [2.45, 2.75) is 56.7 Å². The number of benzene rings is 1. The monoisotopic (exact) mass is 291 g/mol. The Bertz CT molecular complexity index is 382. The van der Waals surface area contributed by atoms with Crippen LogP contribution in [0.5, 0.6) is 0 Å². The molecule has 112 valence electrons. The van der Waals surface area contributed by atoms with E-state index < -0.39 is 0 Å². The van der Waals surface area contributed by atoms with Crippen LogP contribution in [-0.2, 0) is 0 Å². The lowest BCUT2D eigenvalue weighted by Gasteiger charge is -2.31. The van der Waals surface area contributed by atoms with Gasteiger partial charge in [0, 0.05) is 17.3 Å². The van der Waals surface area contributed by atoms with Gasteiger partial charge in [0.2, 0.25) is 0 Å². The topological polar surface area (TPSA) is 12.0 Å². The SMILES string of the molecule is CSC1(CNC(CC(C)C)c2ccccc2)CCCC1. The summed E-state index contributed by atoms with van der Waals surface area (Å²) in [7, 11) is 0. The second kappa shape index (κ2) is 7.51. The minimum absolute atomic E-state index is 0.490. The molecule has 0 aromatic heterocycles. The van der Waals surface area contributed by atoms with Crippen molar-refractivity contribution in [3.05, 3.63) is 35.9 Å². The van der Waals surface area contributed by atoms with Gasteiger partial charge in [0.05, 0.1) is 0 Å². The lowest BCUT2D eigenvalue weighted by atomic mass is 9.96. The van der Waals surface area contributed by atoms with E-state index in [0.717, 1.165) is 12.5 Å². The van der Waals surface area contributed by atoms with Crippen LogP contribution in [-0.4, -0.2) is 17.5 Å². The molecule has 2 heteroatoms. The zero-order chi connectivity index (χ0) is 14.4. The van der Waals surface area contributed by atoms with Crippen molar-refractivity contribution in [2.24, 2.45) is 5.92 Å². The highest BCUT2D eigenvalue weighted by molar-refractivity contribution is 8.00. The Labute approximate surface area is 128 Å². The van der Waals surface area contributed by atoms with Crippen LogP contribution in [0.1, 0.15) is 57.6 Å². The largest absolute Gasteiger partial charge is 0.309 e. The molecule has 1 atom stereocenters. The molecule has 1 aromatic rings. The average molecular weight is 292 g/mol. The summed E-state index contributed by atoms with van der Waals surface area (Å²) in [6, 6.07) is 11.5. The third-order valence-corrected chi connectivity index (χ3v) is 5.95. The Morgan fingerprint density at radius 1 is 1.15 bits per heavy atom. The van der Waals surface area contributed by atoms with E-state index in [1.165, 1.54) is 37.7 Å². The highest BCUT2D eigenvalue weighted by Crippen LogP contribution is 2.40. The highest BCUT2D eigenvalue weighted by Gasteiger charge is 2.33. The van der Waals surface area contributed by atoms with Crippen LogP contribution >= 0.6 is 11.8 Å². The van der Waals surface area contributed by atoms with E-state index in [1.807, 2.05) is 0 Å². The number of rotatable bonds is 7. The van der Waals surface area contributed by atoms with Crippen molar-refractivity contribution >= 4 is 11.8 Å². The second-order valence-electron chi connectivity index (χ2n) is 6.57. The van der Waals surface area contributed by atoms with E-state index in [-0.39, 0.29) is 0 Å². The van der Waals surface area contributed by atoms with Crippen molar-refractivity contribution in [3.8, 4) is 0 Å². The molecule has 1 saturated carbocycles. The molecule has 0 heterocycles. The fourth-order valence-electron chi connectivity index (χ4n) is 3.28. The molecule has 1 N–H and O–H groups in total. The van der Waals surface area contributed by atoms with Crippen molar-refractivity contribution in [2.75, 3.05) is 12.8 Å². The lowest BCUT2D eigenvalue weighted by molar-refractivity contribution is 0.403. The van der Waals surface area contributed by atoms with Crippen LogP contribution in [0, 0.1) is 5.92 Å². The standard InChI is InChI=1S/C18H29NS/c1-15(2)13-17(16-9-5-4-6-10-16)19-14-18(20-3)11-7-8-12-18/h4-6,9-10,15,17,19H,7-8,11-14H2,1-3H3. The Hall–Kier alpha value is -0.470. The molecular formula is C18H29NS. The molecule has 20 heavy (non-hydrogen) atoms. The van der Waals surface area contributed by atoms with Gasteiger partial charge in [0.1, 0.15) is 0 Å². The maximum absolute atomic E-state index is 3.88. The van der Waals surface area contributed by atoms with Crippen LogP contribution in [0.25, 0.3) is 0 Å². The van der Waals surface area contributed by atoms with Crippen molar-refractivity contribution < 1.29 is 0 Å². The quantitative estimate of drug-likeness (QED) is 0.755. The summed E-state index contributed by atoms with van der Waals surface area (Å²) in [5.74, 6) is 0.724. The molecular weight excluding hydrogens is 262 g/mol. The van der Waals surface area contributed by atoms with E-state index in [2.05, 4.69) is 67.5 Å². The maximum atomic E-state index is 3.88. The van der Waals surface area contributed by atoms with Crippen LogP contribution in [0.2, 0.25) is 0 Å². The molecule has 1 fully saturated rings. The molecule has 2 rings (SSSR count). The van der Waals surface area contributed by atoms with Gasteiger partial charge in [-0.25, -0.2) is 0 Å². The first-order chi connectivity index (χ1) is 9.65. The van der Waals surface area contributed by atoms with Crippen LogP contribution < -0.4 is 5.32 Å². The van der Waals surface area contributed by atoms with E-state index in [0.29, 0.717) is 10.8 Å². The Morgan fingerprint density at radius 2 is 1.80 bits per heavy atom. The van der Waals surface area contributed by atoms with Gasteiger partial charge in [-0.3, -0.25) is 0 Å². The van der Waals surface area contributed by atoms with Gasteiger partial charge in [-0.05, 0) is 37.0 Å². The van der Waals surface area contributed by atoms with Gasteiger partial charge >= 0.3 is 0 Å². The number of hydrogen-bond donors (Lipinski definition) is 1. The second-order valence-corrected chi connectivity index (χ2v) is 7.84. The summed E-state index contributed by atoms with van der Waals surface area (Å²) in [4.78, 5) is 0. The summed E-state index contributed by atoms with van der Waals surface area (Å²) in [6.45, 7) is 5.79. The molecule has 1 aliphatic carbocycles. The zero-order valence-electron chi connectivity index (χ0n) is 13.2. The highest BCUT2D eigenvalue weighted by atomic mass is 32.2. The Kier molecular flexibility index (Phi) is 5.98. The van der Waals surface area contributed by atoms with Crippen molar-refractivity contribution in [1.82, 2.24) is 5.32 Å². The minimum Gasteiger partial charge on any atom is -0.309 e. The first-order valence-corrected chi connectivity index (χ1v) is 9.21. The Morgan fingerprint density at radius 3 is 2.35 bits per heavy atom.